The summed E-state index contributed by atoms with van der Waals surface area (Å²) in [5.41, 5.74) is 1.96. The largest absolute Gasteiger partial charge is 0.494 e. The second-order valence-corrected chi connectivity index (χ2v) is 4.58. The Labute approximate surface area is 125 Å². The van der Waals surface area contributed by atoms with E-state index in [4.69, 9.17) is 4.74 Å². The smallest absolute Gasteiger partial charge is 0.239 e. The van der Waals surface area contributed by atoms with Crippen molar-refractivity contribution in [3.05, 3.63) is 60.2 Å². The molecule has 4 heteroatoms. The van der Waals surface area contributed by atoms with Crippen molar-refractivity contribution in [1.82, 2.24) is 5.32 Å². The topological polar surface area (TPSA) is 50.4 Å². The number of amides is 1. The van der Waals surface area contributed by atoms with Crippen LogP contribution in [0.15, 0.2) is 54.6 Å². The maximum absolute atomic E-state index is 11.8. The molecule has 21 heavy (non-hydrogen) atoms. The Morgan fingerprint density at radius 2 is 1.90 bits per heavy atom. The van der Waals surface area contributed by atoms with Gasteiger partial charge in [0.15, 0.2) is 0 Å². The van der Waals surface area contributed by atoms with Crippen LogP contribution in [0.3, 0.4) is 0 Å². The standard InChI is InChI=1S/C17H20N2O2/c1-2-21-16-10-6-9-15(11-16)18-13-17(20)19-12-14-7-4-3-5-8-14/h3-11,18H,2,12-13H2,1H3,(H,19,20). The molecule has 0 atom stereocenters. The first-order valence-electron chi connectivity index (χ1n) is 7.05. The molecule has 0 aliphatic carbocycles. The number of benzene rings is 2. The molecule has 0 bridgehead atoms. The summed E-state index contributed by atoms with van der Waals surface area (Å²) in [4.78, 5) is 11.8. The van der Waals surface area contributed by atoms with Crippen LogP contribution in [0.1, 0.15) is 12.5 Å². The van der Waals surface area contributed by atoms with Gasteiger partial charge in [0.2, 0.25) is 5.91 Å². The second-order valence-electron chi connectivity index (χ2n) is 4.58. The molecule has 2 aromatic carbocycles. The number of ether oxygens (including phenoxy) is 1. The van der Waals surface area contributed by atoms with Gasteiger partial charge in [-0.2, -0.15) is 0 Å². The molecule has 0 aliphatic heterocycles. The van der Waals surface area contributed by atoms with Crippen molar-refractivity contribution in [2.45, 2.75) is 13.5 Å². The molecule has 1 amide bonds. The van der Waals surface area contributed by atoms with Crippen LogP contribution in [0.4, 0.5) is 5.69 Å². The van der Waals surface area contributed by atoms with Gasteiger partial charge >= 0.3 is 0 Å². The molecule has 0 saturated carbocycles. The zero-order valence-corrected chi connectivity index (χ0v) is 12.1. The molecule has 0 saturated heterocycles. The molecule has 4 nitrogen and oxygen atoms in total. The van der Waals surface area contributed by atoms with E-state index in [1.165, 1.54) is 0 Å². The predicted molar refractivity (Wildman–Crippen MR) is 84.4 cm³/mol. The van der Waals surface area contributed by atoms with Crippen LogP contribution in [-0.4, -0.2) is 19.1 Å². The number of carbonyl (C=O) groups excluding carboxylic acids is 1. The van der Waals surface area contributed by atoms with Gasteiger partial charge in [0.05, 0.1) is 13.2 Å². The minimum absolute atomic E-state index is 0.0410. The number of hydrogen-bond acceptors (Lipinski definition) is 3. The van der Waals surface area contributed by atoms with Crippen LogP contribution >= 0.6 is 0 Å². The first kappa shape index (κ1) is 14.9. The Morgan fingerprint density at radius 3 is 2.67 bits per heavy atom. The Hall–Kier alpha value is -2.49. The fourth-order valence-electron chi connectivity index (χ4n) is 1.90. The Bertz CT molecular complexity index is 570. The summed E-state index contributed by atoms with van der Waals surface area (Å²) < 4.78 is 5.42. The van der Waals surface area contributed by atoms with Crippen molar-refractivity contribution in [3.63, 3.8) is 0 Å². The second kappa shape index (κ2) is 7.94. The van der Waals surface area contributed by atoms with E-state index in [1.807, 2.05) is 61.5 Å². The highest BCUT2D eigenvalue weighted by Crippen LogP contribution is 2.16. The lowest BCUT2D eigenvalue weighted by molar-refractivity contribution is -0.119. The summed E-state index contributed by atoms with van der Waals surface area (Å²) in [7, 11) is 0. The van der Waals surface area contributed by atoms with Crippen LogP contribution < -0.4 is 15.4 Å². The van der Waals surface area contributed by atoms with Crippen LogP contribution in [0.2, 0.25) is 0 Å². The molecule has 0 aliphatic rings. The number of nitrogens with one attached hydrogen (secondary N) is 2. The molecule has 0 radical (unpaired) electrons. The summed E-state index contributed by atoms with van der Waals surface area (Å²) in [5.74, 6) is 0.757. The van der Waals surface area contributed by atoms with Crippen molar-refractivity contribution < 1.29 is 9.53 Å². The SMILES string of the molecule is CCOc1cccc(NCC(=O)NCc2ccccc2)c1. The molecule has 2 rings (SSSR count). The molecule has 0 fully saturated rings. The monoisotopic (exact) mass is 284 g/mol. The highest BCUT2D eigenvalue weighted by Gasteiger charge is 2.02. The summed E-state index contributed by atoms with van der Waals surface area (Å²) in [6.45, 7) is 3.35. The number of rotatable bonds is 7. The summed E-state index contributed by atoms with van der Waals surface area (Å²) in [6.07, 6.45) is 0. The number of carbonyl (C=O) groups is 1. The van der Waals surface area contributed by atoms with Crippen molar-refractivity contribution in [3.8, 4) is 5.75 Å². The minimum atomic E-state index is -0.0410. The van der Waals surface area contributed by atoms with E-state index < -0.39 is 0 Å². The molecule has 0 heterocycles. The first-order valence-corrected chi connectivity index (χ1v) is 7.05. The van der Waals surface area contributed by atoms with Gasteiger partial charge in [0, 0.05) is 18.3 Å². The van der Waals surface area contributed by atoms with E-state index in [-0.39, 0.29) is 12.5 Å². The van der Waals surface area contributed by atoms with Crippen molar-refractivity contribution in [2.24, 2.45) is 0 Å². The van der Waals surface area contributed by atoms with Gasteiger partial charge in [-0.3, -0.25) is 4.79 Å². The van der Waals surface area contributed by atoms with Crippen molar-refractivity contribution in [2.75, 3.05) is 18.5 Å². The fourth-order valence-corrected chi connectivity index (χ4v) is 1.90. The van der Waals surface area contributed by atoms with E-state index >= 15 is 0 Å². The third-order valence-corrected chi connectivity index (χ3v) is 2.93. The van der Waals surface area contributed by atoms with Crippen LogP contribution in [0.25, 0.3) is 0 Å². The zero-order valence-electron chi connectivity index (χ0n) is 12.1. The Morgan fingerprint density at radius 1 is 1.10 bits per heavy atom. The molecule has 0 aromatic heterocycles. The van der Waals surface area contributed by atoms with Gasteiger partial charge in [-0.1, -0.05) is 36.4 Å². The minimum Gasteiger partial charge on any atom is -0.494 e. The van der Waals surface area contributed by atoms with Crippen LogP contribution in [0, 0.1) is 0 Å². The fraction of sp³-hybridized carbons (Fsp3) is 0.235. The highest BCUT2D eigenvalue weighted by atomic mass is 16.5. The Kier molecular flexibility index (Phi) is 5.64. The van der Waals surface area contributed by atoms with Gasteiger partial charge in [0.25, 0.3) is 0 Å². The normalized spacial score (nSPS) is 9.95. The lowest BCUT2D eigenvalue weighted by Crippen LogP contribution is -2.29. The van der Waals surface area contributed by atoms with Crippen molar-refractivity contribution >= 4 is 11.6 Å². The third-order valence-electron chi connectivity index (χ3n) is 2.93. The van der Waals surface area contributed by atoms with Gasteiger partial charge in [-0.25, -0.2) is 0 Å². The molecule has 110 valence electrons. The van der Waals surface area contributed by atoms with Gasteiger partial charge in [-0.15, -0.1) is 0 Å². The average Bonchev–Trinajstić information content (AvgIpc) is 2.53. The number of anilines is 1. The van der Waals surface area contributed by atoms with Crippen molar-refractivity contribution in [1.29, 1.82) is 0 Å². The summed E-state index contributed by atoms with van der Waals surface area (Å²) in [5, 5.41) is 5.96. The van der Waals surface area contributed by atoms with Crippen LogP contribution in [-0.2, 0) is 11.3 Å². The predicted octanol–water partition coefficient (Wildman–Crippen LogP) is 2.81. The van der Waals surface area contributed by atoms with E-state index in [0.29, 0.717) is 13.2 Å². The molecule has 2 N–H and O–H groups in total. The maximum atomic E-state index is 11.8. The lowest BCUT2D eigenvalue weighted by atomic mass is 10.2. The molecule has 0 unspecified atom stereocenters. The van der Waals surface area contributed by atoms with E-state index in [0.717, 1.165) is 17.0 Å². The van der Waals surface area contributed by atoms with E-state index in [1.54, 1.807) is 0 Å². The molecular formula is C17H20N2O2. The Balaban J connectivity index is 1.77. The highest BCUT2D eigenvalue weighted by molar-refractivity contribution is 5.80. The van der Waals surface area contributed by atoms with E-state index in [9.17, 15) is 4.79 Å². The average molecular weight is 284 g/mol. The first-order chi connectivity index (χ1) is 10.3. The molecule has 0 spiro atoms. The quantitative estimate of drug-likeness (QED) is 0.822. The number of hydrogen-bond donors (Lipinski definition) is 2. The summed E-state index contributed by atoms with van der Waals surface area (Å²) >= 11 is 0. The summed E-state index contributed by atoms with van der Waals surface area (Å²) in [6, 6.07) is 17.4. The van der Waals surface area contributed by atoms with Gasteiger partial charge in [0.1, 0.15) is 5.75 Å². The maximum Gasteiger partial charge on any atom is 0.239 e. The molecule has 2 aromatic rings. The van der Waals surface area contributed by atoms with Gasteiger partial charge in [-0.05, 0) is 24.6 Å². The van der Waals surface area contributed by atoms with E-state index in [2.05, 4.69) is 10.6 Å². The zero-order chi connectivity index (χ0) is 14.9. The molecular weight excluding hydrogens is 264 g/mol. The lowest BCUT2D eigenvalue weighted by Gasteiger charge is -2.09. The van der Waals surface area contributed by atoms with Crippen LogP contribution in [0.5, 0.6) is 5.75 Å². The van der Waals surface area contributed by atoms with Gasteiger partial charge < -0.3 is 15.4 Å². The third kappa shape index (κ3) is 5.18.